The SMILES string of the molecule is CCCC(C#N)C(O)C1CCCOC1. The van der Waals surface area contributed by atoms with Crippen LogP contribution in [0.2, 0.25) is 0 Å². The van der Waals surface area contributed by atoms with E-state index in [0.29, 0.717) is 6.61 Å². The summed E-state index contributed by atoms with van der Waals surface area (Å²) in [5, 5.41) is 18.9. The Bertz CT molecular complexity index is 194. The Morgan fingerprint density at radius 3 is 2.93 bits per heavy atom. The number of aliphatic hydroxyl groups is 1. The van der Waals surface area contributed by atoms with Crippen LogP contribution in [-0.2, 0) is 4.74 Å². The second-order valence-electron chi connectivity index (χ2n) is 3.99. The van der Waals surface area contributed by atoms with Crippen molar-refractivity contribution >= 4 is 0 Å². The summed E-state index contributed by atoms with van der Waals surface area (Å²) in [5.41, 5.74) is 0. The Hall–Kier alpha value is -0.590. The zero-order chi connectivity index (χ0) is 10.4. The van der Waals surface area contributed by atoms with Crippen molar-refractivity contribution in [3.8, 4) is 6.07 Å². The van der Waals surface area contributed by atoms with Gasteiger partial charge in [0.05, 0.1) is 24.7 Å². The van der Waals surface area contributed by atoms with Crippen molar-refractivity contribution in [2.75, 3.05) is 13.2 Å². The predicted molar refractivity (Wildman–Crippen MR) is 53.6 cm³/mol. The molecule has 1 heterocycles. The van der Waals surface area contributed by atoms with E-state index in [0.717, 1.165) is 32.3 Å². The van der Waals surface area contributed by atoms with Gasteiger partial charge in [-0.25, -0.2) is 0 Å². The molecule has 1 rings (SSSR count). The first-order valence-corrected chi connectivity index (χ1v) is 5.45. The van der Waals surface area contributed by atoms with Gasteiger partial charge in [-0.05, 0) is 19.3 Å². The van der Waals surface area contributed by atoms with Gasteiger partial charge in [-0.15, -0.1) is 0 Å². The highest BCUT2D eigenvalue weighted by atomic mass is 16.5. The minimum atomic E-state index is -0.500. The normalized spacial score (nSPS) is 26.5. The third kappa shape index (κ3) is 2.97. The fraction of sp³-hybridized carbons (Fsp3) is 0.909. The largest absolute Gasteiger partial charge is 0.391 e. The van der Waals surface area contributed by atoms with E-state index in [2.05, 4.69) is 6.07 Å². The lowest BCUT2D eigenvalue weighted by Crippen LogP contribution is -2.34. The van der Waals surface area contributed by atoms with Crippen LogP contribution in [0.1, 0.15) is 32.6 Å². The van der Waals surface area contributed by atoms with E-state index in [9.17, 15) is 5.11 Å². The van der Waals surface area contributed by atoms with Crippen LogP contribution in [0, 0.1) is 23.2 Å². The van der Waals surface area contributed by atoms with Gasteiger partial charge in [0, 0.05) is 12.5 Å². The van der Waals surface area contributed by atoms with Gasteiger partial charge in [0.15, 0.2) is 0 Å². The molecule has 0 bridgehead atoms. The molecule has 3 atom stereocenters. The van der Waals surface area contributed by atoms with Crippen LogP contribution in [0.5, 0.6) is 0 Å². The molecule has 80 valence electrons. The summed E-state index contributed by atoms with van der Waals surface area (Å²) < 4.78 is 5.31. The summed E-state index contributed by atoms with van der Waals surface area (Å²) in [6, 6.07) is 2.19. The van der Waals surface area contributed by atoms with Gasteiger partial charge < -0.3 is 9.84 Å². The Labute approximate surface area is 85.7 Å². The second kappa shape index (κ2) is 6.00. The lowest BCUT2D eigenvalue weighted by Gasteiger charge is -2.29. The smallest absolute Gasteiger partial charge is 0.0748 e. The van der Waals surface area contributed by atoms with Gasteiger partial charge in [-0.3, -0.25) is 0 Å². The molecule has 3 nitrogen and oxygen atoms in total. The summed E-state index contributed by atoms with van der Waals surface area (Å²) in [6.07, 6.45) is 3.23. The molecule has 0 saturated carbocycles. The third-order valence-corrected chi connectivity index (χ3v) is 2.86. The van der Waals surface area contributed by atoms with Crippen LogP contribution >= 0.6 is 0 Å². The molecule has 3 heteroatoms. The molecule has 1 saturated heterocycles. The van der Waals surface area contributed by atoms with Crippen LogP contribution in [0.15, 0.2) is 0 Å². The fourth-order valence-electron chi connectivity index (χ4n) is 1.99. The highest BCUT2D eigenvalue weighted by Gasteiger charge is 2.28. The van der Waals surface area contributed by atoms with E-state index in [1.165, 1.54) is 0 Å². The standard InChI is InChI=1S/C11H19NO2/c1-2-4-9(7-12)11(13)10-5-3-6-14-8-10/h9-11,13H,2-6,8H2,1H3. The molecule has 1 fully saturated rings. The number of nitrogens with zero attached hydrogens (tertiary/aromatic N) is 1. The van der Waals surface area contributed by atoms with Crippen molar-refractivity contribution in [1.82, 2.24) is 0 Å². The van der Waals surface area contributed by atoms with Crippen LogP contribution in [0.25, 0.3) is 0 Å². The lowest BCUT2D eigenvalue weighted by atomic mass is 9.86. The van der Waals surface area contributed by atoms with Gasteiger partial charge in [-0.1, -0.05) is 13.3 Å². The van der Waals surface area contributed by atoms with Crippen molar-refractivity contribution in [2.24, 2.45) is 11.8 Å². The maximum absolute atomic E-state index is 9.96. The molecule has 0 aromatic carbocycles. The van der Waals surface area contributed by atoms with E-state index in [1.54, 1.807) is 0 Å². The number of ether oxygens (including phenoxy) is 1. The first-order chi connectivity index (χ1) is 6.79. The van der Waals surface area contributed by atoms with E-state index >= 15 is 0 Å². The predicted octanol–water partition coefficient (Wildman–Crippen LogP) is 1.71. The molecule has 0 aliphatic carbocycles. The Morgan fingerprint density at radius 2 is 2.43 bits per heavy atom. The van der Waals surface area contributed by atoms with Crippen LogP contribution in [-0.4, -0.2) is 24.4 Å². The summed E-state index contributed by atoms with van der Waals surface area (Å²) in [4.78, 5) is 0. The van der Waals surface area contributed by atoms with Gasteiger partial charge in [0.1, 0.15) is 0 Å². The number of hydrogen-bond acceptors (Lipinski definition) is 3. The van der Waals surface area contributed by atoms with Crippen molar-refractivity contribution < 1.29 is 9.84 Å². The monoisotopic (exact) mass is 197 g/mol. The fourth-order valence-corrected chi connectivity index (χ4v) is 1.99. The number of nitriles is 1. The topological polar surface area (TPSA) is 53.2 Å². The molecule has 0 radical (unpaired) electrons. The van der Waals surface area contributed by atoms with E-state index in [-0.39, 0.29) is 11.8 Å². The molecule has 3 unspecified atom stereocenters. The molecule has 14 heavy (non-hydrogen) atoms. The molecule has 1 aliphatic heterocycles. The zero-order valence-corrected chi connectivity index (χ0v) is 8.78. The van der Waals surface area contributed by atoms with Gasteiger partial charge in [0.2, 0.25) is 0 Å². The quantitative estimate of drug-likeness (QED) is 0.746. The van der Waals surface area contributed by atoms with Crippen LogP contribution in [0.3, 0.4) is 0 Å². The van der Waals surface area contributed by atoms with Crippen molar-refractivity contribution in [2.45, 2.75) is 38.7 Å². The Balaban J connectivity index is 2.44. The third-order valence-electron chi connectivity index (χ3n) is 2.86. The molecule has 1 aliphatic rings. The second-order valence-corrected chi connectivity index (χ2v) is 3.99. The van der Waals surface area contributed by atoms with E-state index in [4.69, 9.17) is 10.00 Å². The maximum Gasteiger partial charge on any atom is 0.0748 e. The van der Waals surface area contributed by atoms with Crippen molar-refractivity contribution in [3.63, 3.8) is 0 Å². The maximum atomic E-state index is 9.96. The zero-order valence-electron chi connectivity index (χ0n) is 8.78. The molecular formula is C11H19NO2. The first-order valence-electron chi connectivity index (χ1n) is 5.45. The van der Waals surface area contributed by atoms with E-state index < -0.39 is 6.10 Å². The number of hydrogen-bond donors (Lipinski definition) is 1. The number of rotatable bonds is 4. The highest BCUT2D eigenvalue weighted by Crippen LogP contribution is 2.24. The average molecular weight is 197 g/mol. The Morgan fingerprint density at radius 1 is 1.64 bits per heavy atom. The minimum absolute atomic E-state index is 0.167. The summed E-state index contributed by atoms with van der Waals surface area (Å²) in [7, 11) is 0. The summed E-state index contributed by atoms with van der Waals surface area (Å²) in [5.74, 6) is -0.0494. The molecule has 0 aromatic heterocycles. The first kappa shape index (κ1) is 11.5. The van der Waals surface area contributed by atoms with Gasteiger partial charge in [-0.2, -0.15) is 5.26 Å². The van der Waals surface area contributed by atoms with E-state index in [1.807, 2.05) is 6.92 Å². The van der Waals surface area contributed by atoms with Crippen LogP contribution in [0.4, 0.5) is 0 Å². The molecule has 1 N–H and O–H groups in total. The molecular weight excluding hydrogens is 178 g/mol. The van der Waals surface area contributed by atoms with Crippen molar-refractivity contribution in [3.05, 3.63) is 0 Å². The molecule has 0 amide bonds. The highest BCUT2D eigenvalue weighted by molar-refractivity contribution is 4.91. The molecule has 0 spiro atoms. The van der Waals surface area contributed by atoms with Crippen molar-refractivity contribution in [1.29, 1.82) is 5.26 Å². The average Bonchev–Trinajstić information content (AvgIpc) is 2.26. The van der Waals surface area contributed by atoms with Gasteiger partial charge in [0.25, 0.3) is 0 Å². The summed E-state index contributed by atoms with van der Waals surface area (Å²) in [6.45, 7) is 3.45. The number of aliphatic hydroxyl groups excluding tert-OH is 1. The minimum Gasteiger partial charge on any atom is -0.391 e. The lowest BCUT2D eigenvalue weighted by molar-refractivity contribution is -0.0248. The Kier molecular flexibility index (Phi) is 4.92. The molecule has 0 aromatic rings. The van der Waals surface area contributed by atoms with Gasteiger partial charge >= 0.3 is 0 Å². The van der Waals surface area contributed by atoms with Crippen LogP contribution < -0.4 is 0 Å². The summed E-state index contributed by atoms with van der Waals surface area (Å²) >= 11 is 0.